The Hall–Kier alpha value is -2.93. The third-order valence-electron chi connectivity index (χ3n) is 5.04. The van der Waals surface area contributed by atoms with Crippen molar-refractivity contribution in [3.05, 3.63) is 53.1 Å². The van der Waals surface area contributed by atoms with E-state index in [1.807, 2.05) is 32.0 Å². The van der Waals surface area contributed by atoms with Crippen LogP contribution in [0.5, 0.6) is 0 Å². The topological polar surface area (TPSA) is 87.0 Å². The zero-order valence-electron chi connectivity index (χ0n) is 15.3. The first-order valence-electron chi connectivity index (χ1n) is 8.98. The molecule has 0 bridgehead atoms. The molecule has 1 unspecified atom stereocenters. The van der Waals surface area contributed by atoms with E-state index in [2.05, 4.69) is 15.3 Å². The number of fused-ring (bicyclic) bond motifs is 1. The van der Waals surface area contributed by atoms with Crippen molar-refractivity contribution in [1.82, 2.24) is 14.9 Å². The fraction of sp³-hybridized carbons (Fsp3) is 0.300. The predicted molar refractivity (Wildman–Crippen MR) is 104 cm³/mol. The number of nitrogens with one attached hydrogen (secondary N) is 2. The van der Waals surface area contributed by atoms with E-state index in [0.717, 1.165) is 23.2 Å². The van der Waals surface area contributed by atoms with Gasteiger partial charge in [-0.1, -0.05) is 17.7 Å². The Labute approximate surface area is 156 Å². The van der Waals surface area contributed by atoms with Crippen molar-refractivity contribution in [2.24, 2.45) is 5.73 Å². The van der Waals surface area contributed by atoms with Crippen LogP contribution >= 0.6 is 0 Å². The molecule has 1 aromatic heterocycles. The standard InChI is InChI=1S/C20H22FN5O/c1-11-3-4-15(12(2)7-11)25-18-14(20(27)26-6-5-13(22)9-26)8-16-19(17(18)21)24-10-23-16/h3-4,7-8,10,13,25H,5-6,9,22H2,1-2H3,(H,23,24). The number of benzene rings is 2. The number of nitrogens with two attached hydrogens (primary N) is 1. The number of hydrogen-bond acceptors (Lipinski definition) is 4. The summed E-state index contributed by atoms with van der Waals surface area (Å²) in [6.45, 7) is 5.00. The van der Waals surface area contributed by atoms with Crippen LogP contribution in [0.25, 0.3) is 11.0 Å². The van der Waals surface area contributed by atoms with Gasteiger partial charge in [0, 0.05) is 24.8 Å². The number of aryl methyl sites for hydroxylation is 2. The number of hydrogen-bond donors (Lipinski definition) is 3. The third-order valence-corrected chi connectivity index (χ3v) is 5.04. The number of amides is 1. The molecule has 1 aliphatic rings. The van der Waals surface area contributed by atoms with Gasteiger partial charge < -0.3 is 20.9 Å². The van der Waals surface area contributed by atoms with Crippen LogP contribution in [0.1, 0.15) is 27.9 Å². The summed E-state index contributed by atoms with van der Waals surface area (Å²) >= 11 is 0. The molecular weight excluding hydrogens is 345 g/mol. The van der Waals surface area contributed by atoms with Crippen LogP contribution in [0.2, 0.25) is 0 Å². The van der Waals surface area contributed by atoms with Crippen LogP contribution in [-0.4, -0.2) is 39.9 Å². The SMILES string of the molecule is Cc1ccc(Nc2c(C(=O)N3CCC(N)C3)cc3[nH]cnc3c2F)c(C)c1. The number of nitrogens with zero attached hydrogens (tertiary/aromatic N) is 2. The molecule has 27 heavy (non-hydrogen) atoms. The van der Waals surface area contributed by atoms with Gasteiger partial charge >= 0.3 is 0 Å². The molecule has 1 fully saturated rings. The normalized spacial score (nSPS) is 16.9. The molecule has 2 heterocycles. The van der Waals surface area contributed by atoms with Gasteiger partial charge in [0.05, 0.1) is 23.1 Å². The van der Waals surface area contributed by atoms with Gasteiger partial charge in [0.2, 0.25) is 0 Å². The van der Waals surface area contributed by atoms with Gasteiger partial charge in [-0.3, -0.25) is 4.79 Å². The highest BCUT2D eigenvalue weighted by Crippen LogP contribution is 2.32. The molecule has 0 radical (unpaired) electrons. The fourth-order valence-corrected chi connectivity index (χ4v) is 3.56. The Morgan fingerprint density at radius 1 is 1.37 bits per heavy atom. The number of aromatic nitrogens is 2. The van der Waals surface area contributed by atoms with E-state index in [1.165, 1.54) is 6.33 Å². The Morgan fingerprint density at radius 3 is 2.89 bits per heavy atom. The highest BCUT2D eigenvalue weighted by Gasteiger charge is 2.28. The third kappa shape index (κ3) is 3.14. The van der Waals surface area contributed by atoms with Crippen molar-refractivity contribution in [2.45, 2.75) is 26.3 Å². The lowest BCUT2D eigenvalue weighted by Crippen LogP contribution is -2.32. The average molecular weight is 367 g/mol. The van der Waals surface area contributed by atoms with Gasteiger partial charge in [0.25, 0.3) is 5.91 Å². The number of H-pyrrole nitrogens is 1. The van der Waals surface area contributed by atoms with Crippen molar-refractivity contribution in [3.63, 3.8) is 0 Å². The van der Waals surface area contributed by atoms with Crippen molar-refractivity contribution in [2.75, 3.05) is 18.4 Å². The molecule has 1 amide bonds. The van der Waals surface area contributed by atoms with Crippen LogP contribution in [0.3, 0.4) is 0 Å². The molecule has 0 spiro atoms. The van der Waals surface area contributed by atoms with Crippen molar-refractivity contribution in [1.29, 1.82) is 0 Å². The molecule has 1 aliphatic heterocycles. The maximum absolute atomic E-state index is 15.2. The van der Waals surface area contributed by atoms with Gasteiger partial charge in [-0.15, -0.1) is 0 Å². The first-order valence-corrected chi connectivity index (χ1v) is 8.98. The van der Waals surface area contributed by atoms with Crippen LogP contribution in [-0.2, 0) is 0 Å². The number of aromatic amines is 1. The number of likely N-dealkylation sites (tertiary alicyclic amines) is 1. The Morgan fingerprint density at radius 2 is 2.19 bits per heavy atom. The second-order valence-corrected chi connectivity index (χ2v) is 7.16. The molecule has 3 aromatic rings. The lowest BCUT2D eigenvalue weighted by atomic mass is 10.1. The van der Waals surface area contributed by atoms with E-state index >= 15 is 4.39 Å². The summed E-state index contributed by atoms with van der Waals surface area (Å²) in [5.41, 5.74) is 9.90. The second-order valence-electron chi connectivity index (χ2n) is 7.16. The predicted octanol–water partition coefficient (Wildman–Crippen LogP) is 3.24. The van der Waals surface area contributed by atoms with Crippen LogP contribution < -0.4 is 11.1 Å². The average Bonchev–Trinajstić information content (AvgIpc) is 3.27. The number of carbonyl (C=O) groups excluding carboxylic acids is 1. The highest BCUT2D eigenvalue weighted by molar-refractivity contribution is 6.04. The Bertz CT molecular complexity index is 1030. The summed E-state index contributed by atoms with van der Waals surface area (Å²) in [5, 5.41) is 3.13. The Balaban J connectivity index is 1.81. The summed E-state index contributed by atoms with van der Waals surface area (Å²) < 4.78 is 15.2. The van der Waals surface area contributed by atoms with Crippen molar-refractivity contribution >= 4 is 28.3 Å². The zero-order chi connectivity index (χ0) is 19.1. The summed E-state index contributed by atoms with van der Waals surface area (Å²) in [6.07, 6.45) is 2.18. The zero-order valence-corrected chi connectivity index (χ0v) is 15.3. The lowest BCUT2D eigenvalue weighted by Gasteiger charge is -2.20. The number of rotatable bonds is 3. The van der Waals surface area contributed by atoms with Gasteiger partial charge in [-0.05, 0) is 38.0 Å². The number of halogens is 1. The lowest BCUT2D eigenvalue weighted by molar-refractivity contribution is 0.0791. The number of carbonyl (C=O) groups is 1. The quantitative estimate of drug-likeness (QED) is 0.663. The van der Waals surface area contributed by atoms with E-state index in [0.29, 0.717) is 18.6 Å². The second kappa shape index (κ2) is 6.66. The maximum Gasteiger partial charge on any atom is 0.256 e. The summed E-state index contributed by atoms with van der Waals surface area (Å²) in [7, 11) is 0. The molecule has 140 valence electrons. The summed E-state index contributed by atoms with van der Waals surface area (Å²) in [5.74, 6) is -0.772. The minimum Gasteiger partial charge on any atom is -0.352 e. The molecule has 0 aliphatic carbocycles. The van der Waals surface area contributed by atoms with Gasteiger partial charge in [0.15, 0.2) is 5.82 Å². The molecule has 6 nitrogen and oxygen atoms in total. The Kier molecular flexibility index (Phi) is 4.31. The van der Waals surface area contributed by atoms with E-state index in [-0.39, 0.29) is 28.7 Å². The van der Waals surface area contributed by atoms with Gasteiger partial charge in [-0.2, -0.15) is 0 Å². The van der Waals surface area contributed by atoms with Gasteiger partial charge in [0.1, 0.15) is 5.52 Å². The molecule has 2 aromatic carbocycles. The molecule has 1 atom stereocenters. The van der Waals surface area contributed by atoms with Crippen LogP contribution in [0, 0.1) is 19.7 Å². The maximum atomic E-state index is 15.2. The molecule has 7 heteroatoms. The van der Waals surface area contributed by atoms with E-state index in [4.69, 9.17) is 5.73 Å². The molecule has 4 N–H and O–H groups in total. The molecule has 4 rings (SSSR count). The number of anilines is 2. The highest BCUT2D eigenvalue weighted by atomic mass is 19.1. The van der Waals surface area contributed by atoms with Gasteiger partial charge in [-0.25, -0.2) is 9.37 Å². The minimum atomic E-state index is -0.541. The summed E-state index contributed by atoms with van der Waals surface area (Å²) in [4.78, 5) is 21.7. The van der Waals surface area contributed by atoms with E-state index < -0.39 is 5.82 Å². The first kappa shape index (κ1) is 17.5. The van der Waals surface area contributed by atoms with E-state index in [1.54, 1.807) is 11.0 Å². The van der Waals surface area contributed by atoms with Crippen molar-refractivity contribution < 1.29 is 9.18 Å². The minimum absolute atomic E-state index is 0.0366. The molecule has 0 saturated carbocycles. The first-order chi connectivity index (χ1) is 12.9. The monoisotopic (exact) mass is 367 g/mol. The smallest absolute Gasteiger partial charge is 0.256 e. The molecular formula is C20H22FN5O. The van der Waals surface area contributed by atoms with Crippen LogP contribution in [0.4, 0.5) is 15.8 Å². The fourth-order valence-electron chi connectivity index (χ4n) is 3.56. The van der Waals surface area contributed by atoms with Crippen molar-refractivity contribution in [3.8, 4) is 0 Å². The molecule has 1 saturated heterocycles. The van der Waals surface area contributed by atoms with Crippen LogP contribution in [0.15, 0.2) is 30.6 Å². The van der Waals surface area contributed by atoms with E-state index in [9.17, 15) is 4.79 Å². The number of imidazole rings is 1. The summed E-state index contributed by atoms with van der Waals surface area (Å²) in [6, 6.07) is 7.46. The largest absolute Gasteiger partial charge is 0.352 e.